The molecule has 2 aliphatic rings. The van der Waals surface area contributed by atoms with E-state index in [-0.39, 0.29) is 12.5 Å². The van der Waals surface area contributed by atoms with Crippen molar-refractivity contribution < 1.29 is 14.6 Å². The highest BCUT2D eigenvalue weighted by atomic mass is 16.5. The number of rotatable bonds is 4. The van der Waals surface area contributed by atoms with Crippen LogP contribution in [-0.4, -0.2) is 48.3 Å². The fraction of sp³-hybridized carbons (Fsp3) is 0.923. The van der Waals surface area contributed by atoms with Crippen LogP contribution in [0.5, 0.6) is 0 Å². The zero-order valence-electron chi connectivity index (χ0n) is 10.4. The Balaban J connectivity index is 1.74. The molecule has 1 N–H and O–H groups in total. The van der Waals surface area contributed by atoms with E-state index in [1.54, 1.807) is 0 Å². The van der Waals surface area contributed by atoms with E-state index in [0.29, 0.717) is 6.61 Å². The molecular formula is C13H23NO3. The number of carbonyl (C=O) groups is 1. The van der Waals surface area contributed by atoms with Crippen LogP contribution in [0.25, 0.3) is 0 Å². The molecule has 0 radical (unpaired) electrons. The van der Waals surface area contributed by atoms with E-state index in [1.807, 2.05) is 0 Å². The molecule has 4 nitrogen and oxygen atoms in total. The van der Waals surface area contributed by atoms with Crippen molar-refractivity contribution in [1.29, 1.82) is 0 Å². The van der Waals surface area contributed by atoms with E-state index < -0.39 is 5.97 Å². The van der Waals surface area contributed by atoms with E-state index >= 15 is 0 Å². The van der Waals surface area contributed by atoms with Crippen LogP contribution in [0.15, 0.2) is 0 Å². The second kappa shape index (κ2) is 6.36. The number of nitrogens with zero attached hydrogens (tertiary/aromatic N) is 1. The molecule has 0 aromatic carbocycles. The van der Waals surface area contributed by atoms with Gasteiger partial charge in [0.1, 0.15) is 0 Å². The second-order valence-corrected chi connectivity index (χ2v) is 5.35. The molecular weight excluding hydrogens is 218 g/mol. The summed E-state index contributed by atoms with van der Waals surface area (Å²) in [6.45, 7) is 3.58. The number of hydrogen-bond acceptors (Lipinski definition) is 3. The van der Waals surface area contributed by atoms with Gasteiger partial charge in [-0.1, -0.05) is 19.3 Å². The predicted molar refractivity (Wildman–Crippen MR) is 65.0 cm³/mol. The average molecular weight is 241 g/mol. The molecule has 1 saturated heterocycles. The standard InChI is InChI=1S/C13H23NO3/c15-13(16)8-12-10-14(6-7-17-12)9-11-4-2-1-3-5-11/h11-12H,1-10H2,(H,15,16). The third kappa shape index (κ3) is 4.28. The lowest BCUT2D eigenvalue weighted by Crippen LogP contribution is -2.45. The zero-order valence-corrected chi connectivity index (χ0v) is 10.4. The first-order valence-electron chi connectivity index (χ1n) is 6.80. The van der Waals surface area contributed by atoms with Crippen molar-refractivity contribution in [1.82, 2.24) is 4.90 Å². The third-order valence-electron chi connectivity index (χ3n) is 3.87. The van der Waals surface area contributed by atoms with Gasteiger partial charge >= 0.3 is 5.97 Å². The average Bonchev–Trinajstić information content (AvgIpc) is 2.30. The Hall–Kier alpha value is -0.610. The first kappa shape index (κ1) is 12.8. The number of ether oxygens (including phenoxy) is 1. The minimum atomic E-state index is -0.755. The summed E-state index contributed by atoms with van der Waals surface area (Å²) < 4.78 is 5.49. The SMILES string of the molecule is O=C(O)CC1CN(CC2CCCCC2)CCO1. The number of carboxylic acid groups (broad SMARTS) is 1. The number of morpholine rings is 1. The van der Waals surface area contributed by atoms with E-state index in [0.717, 1.165) is 25.6 Å². The lowest BCUT2D eigenvalue weighted by molar-refractivity contribution is -0.142. The van der Waals surface area contributed by atoms with Crippen molar-refractivity contribution in [3.05, 3.63) is 0 Å². The van der Waals surface area contributed by atoms with Gasteiger partial charge in [0.2, 0.25) is 0 Å². The van der Waals surface area contributed by atoms with Crippen molar-refractivity contribution in [3.63, 3.8) is 0 Å². The molecule has 1 heterocycles. The van der Waals surface area contributed by atoms with E-state index in [9.17, 15) is 4.79 Å². The largest absolute Gasteiger partial charge is 0.481 e. The van der Waals surface area contributed by atoms with Crippen LogP contribution in [0.1, 0.15) is 38.5 Å². The van der Waals surface area contributed by atoms with Crippen molar-refractivity contribution in [3.8, 4) is 0 Å². The van der Waals surface area contributed by atoms with Gasteiger partial charge in [0.05, 0.1) is 19.1 Å². The summed E-state index contributed by atoms with van der Waals surface area (Å²) in [7, 11) is 0. The molecule has 17 heavy (non-hydrogen) atoms. The molecule has 1 atom stereocenters. The van der Waals surface area contributed by atoms with Gasteiger partial charge in [0, 0.05) is 19.6 Å². The van der Waals surface area contributed by atoms with Crippen LogP contribution in [0, 0.1) is 5.92 Å². The van der Waals surface area contributed by atoms with Crippen LogP contribution < -0.4 is 0 Å². The van der Waals surface area contributed by atoms with E-state index in [2.05, 4.69) is 4.90 Å². The molecule has 0 bridgehead atoms. The van der Waals surface area contributed by atoms with Crippen molar-refractivity contribution in [2.24, 2.45) is 5.92 Å². The van der Waals surface area contributed by atoms with Gasteiger partial charge in [-0.25, -0.2) is 0 Å². The lowest BCUT2D eigenvalue weighted by atomic mass is 9.89. The Labute approximate surface area is 103 Å². The Morgan fingerprint density at radius 3 is 2.76 bits per heavy atom. The molecule has 1 aliphatic heterocycles. The van der Waals surface area contributed by atoms with Crippen LogP contribution in [0.3, 0.4) is 0 Å². The molecule has 1 aliphatic carbocycles. The maximum Gasteiger partial charge on any atom is 0.306 e. The quantitative estimate of drug-likeness (QED) is 0.814. The van der Waals surface area contributed by atoms with Crippen LogP contribution in [-0.2, 0) is 9.53 Å². The van der Waals surface area contributed by atoms with Gasteiger partial charge in [-0.15, -0.1) is 0 Å². The monoisotopic (exact) mass is 241 g/mol. The Morgan fingerprint density at radius 1 is 1.29 bits per heavy atom. The third-order valence-corrected chi connectivity index (χ3v) is 3.87. The van der Waals surface area contributed by atoms with Crippen LogP contribution in [0.2, 0.25) is 0 Å². The Kier molecular flexibility index (Phi) is 4.80. The normalized spacial score (nSPS) is 28.1. The van der Waals surface area contributed by atoms with Gasteiger partial charge < -0.3 is 9.84 Å². The van der Waals surface area contributed by atoms with E-state index in [1.165, 1.54) is 32.1 Å². The summed E-state index contributed by atoms with van der Waals surface area (Å²) in [5.41, 5.74) is 0. The Morgan fingerprint density at radius 2 is 2.06 bits per heavy atom. The molecule has 1 unspecified atom stereocenters. The highest BCUT2D eigenvalue weighted by Gasteiger charge is 2.25. The molecule has 0 amide bonds. The van der Waals surface area contributed by atoms with Gasteiger partial charge in [-0.3, -0.25) is 9.69 Å². The maximum atomic E-state index is 10.7. The van der Waals surface area contributed by atoms with Crippen molar-refractivity contribution >= 4 is 5.97 Å². The predicted octanol–water partition coefficient (Wildman–Crippen LogP) is 1.74. The number of aliphatic carboxylic acids is 1. The molecule has 1 saturated carbocycles. The molecule has 0 aromatic heterocycles. The zero-order chi connectivity index (χ0) is 12.1. The first-order chi connectivity index (χ1) is 8.24. The number of carboxylic acids is 1. The van der Waals surface area contributed by atoms with Gasteiger partial charge in [-0.2, -0.15) is 0 Å². The molecule has 0 spiro atoms. The minimum Gasteiger partial charge on any atom is -0.481 e. The summed E-state index contributed by atoms with van der Waals surface area (Å²) in [4.78, 5) is 13.1. The van der Waals surface area contributed by atoms with Crippen molar-refractivity contribution in [2.45, 2.75) is 44.6 Å². The van der Waals surface area contributed by atoms with Gasteiger partial charge in [0.15, 0.2) is 0 Å². The highest BCUT2D eigenvalue weighted by Crippen LogP contribution is 2.25. The van der Waals surface area contributed by atoms with E-state index in [4.69, 9.17) is 9.84 Å². The van der Waals surface area contributed by atoms with Crippen LogP contribution in [0.4, 0.5) is 0 Å². The molecule has 4 heteroatoms. The fourth-order valence-electron chi connectivity index (χ4n) is 3.00. The Bertz CT molecular complexity index is 251. The molecule has 2 rings (SSSR count). The number of hydrogen-bond donors (Lipinski definition) is 1. The van der Waals surface area contributed by atoms with Gasteiger partial charge in [0.25, 0.3) is 0 Å². The molecule has 98 valence electrons. The topological polar surface area (TPSA) is 49.8 Å². The summed E-state index contributed by atoms with van der Waals surface area (Å²) in [5.74, 6) is 0.0712. The first-order valence-corrected chi connectivity index (χ1v) is 6.80. The summed E-state index contributed by atoms with van der Waals surface area (Å²) in [6, 6.07) is 0. The molecule has 0 aromatic rings. The second-order valence-electron chi connectivity index (χ2n) is 5.35. The lowest BCUT2D eigenvalue weighted by Gasteiger charge is -2.35. The fourth-order valence-corrected chi connectivity index (χ4v) is 3.00. The summed E-state index contributed by atoms with van der Waals surface area (Å²) >= 11 is 0. The maximum absolute atomic E-state index is 10.7. The molecule has 2 fully saturated rings. The minimum absolute atomic E-state index is 0.107. The van der Waals surface area contributed by atoms with Crippen LogP contribution >= 0.6 is 0 Å². The van der Waals surface area contributed by atoms with Gasteiger partial charge in [-0.05, 0) is 18.8 Å². The summed E-state index contributed by atoms with van der Waals surface area (Å²) in [6.07, 6.45) is 6.86. The smallest absolute Gasteiger partial charge is 0.306 e. The highest BCUT2D eigenvalue weighted by molar-refractivity contribution is 5.67. The summed E-state index contributed by atoms with van der Waals surface area (Å²) in [5, 5.41) is 8.77. The van der Waals surface area contributed by atoms with Crippen molar-refractivity contribution in [2.75, 3.05) is 26.2 Å².